The van der Waals surface area contributed by atoms with Crippen LogP contribution in [0.2, 0.25) is 0 Å². The van der Waals surface area contributed by atoms with Gasteiger partial charge in [0.15, 0.2) is 5.82 Å². The molecule has 4 rings (SSSR count). The number of nitrogen functional groups attached to an aromatic ring is 1. The second kappa shape index (κ2) is 8.49. The van der Waals surface area contributed by atoms with Gasteiger partial charge in [0.25, 0.3) is 0 Å². The number of hydrogen-bond donors (Lipinski definition) is 2. The number of ether oxygens (including phenoxy) is 1. The number of nitrogens with two attached hydrogens (primary N) is 1. The average Bonchev–Trinajstić information content (AvgIpc) is 3.23. The SMILES string of the molecule is CC(C)(C)OC(=O)N1CCC(n2ccc(-c3cc(-c4ccccc4O)nnc3N)n2)CC1. The predicted octanol–water partition coefficient (Wildman–Crippen LogP) is 3.87. The van der Waals surface area contributed by atoms with Crippen LogP contribution < -0.4 is 5.73 Å². The number of benzene rings is 1. The van der Waals surface area contributed by atoms with Crippen molar-refractivity contribution in [1.82, 2.24) is 24.9 Å². The van der Waals surface area contributed by atoms with E-state index in [2.05, 4.69) is 10.2 Å². The van der Waals surface area contributed by atoms with Gasteiger partial charge in [0.05, 0.1) is 17.4 Å². The molecule has 1 fully saturated rings. The molecule has 0 aliphatic carbocycles. The number of piperidine rings is 1. The summed E-state index contributed by atoms with van der Waals surface area (Å²) < 4.78 is 7.39. The minimum Gasteiger partial charge on any atom is -0.507 e. The molecule has 0 spiro atoms. The van der Waals surface area contributed by atoms with Crippen LogP contribution in [0.25, 0.3) is 22.5 Å². The molecule has 2 aromatic heterocycles. The Morgan fingerprint density at radius 3 is 2.50 bits per heavy atom. The van der Waals surface area contributed by atoms with Crippen molar-refractivity contribution < 1.29 is 14.6 Å². The van der Waals surface area contributed by atoms with Crippen molar-refractivity contribution in [3.63, 3.8) is 0 Å². The summed E-state index contributed by atoms with van der Waals surface area (Å²) in [4.78, 5) is 14.0. The number of rotatable bonds is 3. The van der Waals surface area contributed by atoms with Crippen LogP contribution in [-0.4, -0.2) is 54.8 Å². The lowest BCUT2D eigenvalue weighted by Crippen LogP contribution is -2.42. The van der Waals surface area contributed by atoms with E-state index < -0.39 is 5.60 Å². The van der Waals surface area contributed by atoms with E-state index >= 15 is 0 Å². The topological polar surface area (TPSA) is 119 Å². The Labute approximate surface area is 186 Å². The zero-order valence-corrected chi connectivity index (χ0v) is 18.5. The number of carbonyl (C=O) groups is 1. The number of amides is 1. The maximum atomic E-state index is 12.3. The van der Waals surface area contributed by atoms with E-state index in [-0.39, 0.29) is 23.7 Å². The Hall–Kier alpha value is -3.62. The first-order valence-corrected chi connectivity index (χ1v) is 10.7. The second-order valence-electron chi connectivity index (χ2n) is 8.93. The van der Waals surface area contributed by atoms with Crippen molar-refractivity contribution >= 4 is 11.9 Å². The van der Waals surface area contributed by atoms with Gasteiger partial charge in [0.2, 0.25) is 0 Å². The van der Waals surface area contributed by atoms with E-state index in [9.17, 15) is 9.90 Å². The third-order valence-corrected chi connectivity index (χ3v) is 5.38. The number of carbonyl (C=O) groups excluding carboxylic acids is 1. The first-order chi connectivity index (χ1) is 15.2. The third kappa shape index (κ3) is 4.66. The first kappa shape index (κ1) is 21.6. The normalized spacial score (nSPS) is 15.0. The number of phenolic OH excluding ortho intramolecular Hbond substituents is 1. The lowest BCUT2D eigenvalue weighted by atomic mass is 10.1. The Morgan fingerprint density at radius 2 is 1.81 bits per heavy atom. The number of anilines is 1. The Kier molecular flexibility index (Phi) is 5.73. The molecule has 1 aliphatic rings. The summed E-state index contributed by atoms with van der Waals surface area (Å²) in [6, 6.07) is 10.8. The largest absolute Gasteiger partial charge is 0.507 e. The summed E-state index contributed by atoms with van der Waals surface area (Å²) in [6.07, 6.45) is 3.22. The number of hydrogen-bond acceptors (Lipinski definition) is 7. The summed E-state index contributed by atoms with van der Waals surface area (Å²) in [5.74, 6) is 0.397. The van der Waals surface area contributed by atoms with Crippen LogP contribution in [0.4, 0.5) is 10.6 Å². The van der Waals surface area contributed by atoms with Gasteiger partial charge >= 0.3 is 6.09 Å². The molecule has 0 bridgehead atoms. The van der Waals surface area contributed by atoms with Crippen molar-refractivity contribution in [2.45, 2.75) is 45.3 Å². The summed E-state index contributed by atoms with van der Waals surface area (Å²) in [6.45, 7) is 6.84. The molecule has 1 amide bonds. The van der Waals surface area contributed by atoms with Crippen molar-refractivity contribution in [2.24, 2.45) is 0 Å². The quantitative estimate of drug-likeness (QED) is 0.639. The Bertz CT molecular complexity index is 1110. The minimum atomic E-state index is -0.501. The third-order valence-electron chi connectivity index (χ3n) is 5.38. The van der Waals surface area contributed by atoms with Crippen molar-refractivity contribution in [3.8, 4) is 28.3 Å². The van der Waals surface area contributed by atoms with Gasteiger partial charge in [-0.1, -0.05) is 12.1 Å². The first-order valence-electron chi connectivity index (χ1n) is 10.7. The maximum Gasteiger partial charge on any atom is 0.410 e. The molecule has 9 heteroatoms. The number of phenols is 1. The van der Waals surface area contributed by atoms with Crippen LogP contribution in [0.3, 0.4) is 0 Å². The fourth-order valence-electron chi connectivity index (χ4n) is 3.75. The number of para-hydroxylation sites is 1. The molecule has 3 aromatic rings. The van der Waals surface area contributed by atoms with Crippen molar-refractivity contribution in [3.05, 3.63) is 42.6 Å². The van der Waals surface area contributed by atoms with E-state index in [1.807, 2.05) is 43.8 Å². The summed E-state index contributed by atoms with van der Waals surface area (Å²) in [5.41, 5.74) is 8.02. The summed E-state index contributed by atoms with van der Waals surface area (Å²) in [7, 11) is 0. The van der Waals surface area contributed by atoms with Crippen molar-refractivity contribution in [1.29, 1.82) is 0 Å². The Balaban J connectivity index is 1.49. The number of nitrogens with zero attached hydrogens (tertiary/aromatic N) is 5. The summed E-state index contributed by atoms with van der Waals surface area (Å²) >= 11 is 0. The molecule has 3 heterocycles. The van der Waals surface area contributed by atoms with E-state index in [1.54, 1.807) is 29.2 Å². The Morgan fingerprint density at radius 1 is 1.09 bits per heavy atom. The fourth-order valence-corrected chi connectivity index (χ4v) is 3.75. The molecule has 1 saturated heterocycles. The molecule has 32 heavy (non-hydrogen) atoms. The molecule has 0 radical (unpaired) electrons. The van der Waals surface area contributed by atoms with E-state index in [0.29, 0.717) is 35.6 Å². The maximum absolute atomic E-state index is 12.3. The molecule has 9 nitrogen and oxygen atoms in total. The van der Waals surface area contributed by atoms with Crippen LogP contribution in [0.1, 0.15) is 39.7 Å². The molecule has 0 unspecified atom stereocenters. The highest BCUT2D eigenvalue weighted by atomic mass is 16.6. The van der Waals surface area contributed by atoms with Crippen LogP contribution >= 0.6 is 0 Å². The molecule has 1 aromatic carbocycles. The minimum absolute atomic E-state index is 0.125. The van der Waals surface area contributed by atoms with Crippen molar-refractivity contribution in [2.75, 3.05) is 18.8 Å². The molecule has 3 N–H and O–H groups in total. The van der Waals surface area contributed by atoms with E-state index in [0.717, 1.165) is 12.8 Å². The zero-order chi connectivity index (χ0) is 22.9. The highest BCUT2D eigenvalue weighted by Gasteiger charge is 2.28. The summed E-state index contributed by atoms with van der Waals surface area (Å²) in [5, 5.41) is 23.0. The molecule has 168 valence electrons. The number of aromatic nitrogens is 4. The predicted molar refractivity (Wildman–Crippen MR) is 121 cm³/mol. The number of likely N-dealkylation sites (tertiary alicyclic amines) is 1. The van der Waals surface area contributed by atoms with Crippen LogP contribution in [0.15, 0.2) is 42.6 Å². The van der Waals surface area contributed by atoms with Gasteiger partial charge in [0.1, 0.15) is 11.4 Å². The lowest BCUT2D eigenvalue weighted by molar-refractivity contribution is 0.0185. The highest BCUT2D eigenvalue weighted by Crippen LogP contribution is 2.32. The van der Waals surface area contributed by atoms with Gasteiger partial charge in [-0.15, -0.1) is 10.2 Å². The van der Waals surface area contributed by atoms with Gasteiger partial charge in [0, 0.05) is 30.4 Å². The fraction of sp³-hybridized carbons (Fsp3) is 0.391. The van der Waals surface area contributed by atoms with Crippen LogP contribution in [0, 0.1) is 0 Å². The van der Waals surface area contributed by atoms with Gasteiger partial charge in [-0.25, -0.2) is 4.79 Å². The van der Waals surface area contributed by atoms with Crippen LogP contribution in [-0.2, 0) is 4.74 Å². The lowest BCUT2D eigenvalue weighted by Gasteiger charge is -2.33. The average molecular weight is 437 g/mol. The second-order valence-corrected chi connectivity index (χ2v) is 8.93. The van der Waals surface area contributed by atoms with Gasteiger partial charge in [-0.3, -0.25) is 4.68 Å². The van der Waals surface area contributed by atoms with E-state index in [1.165, 1.54) is 0 Å². The monoisotopic (exact) mass is 436 g/mol. The molecular formula is C23H28N6O3. The standard InChI is InChI=1S/C23H28N6O3/c1-23(2,3)32-22(31)28-11-8-15(9-12-28)29-13-10-18(27-29)17-14-19(25-26-21(17)24)16-6-4-5-7-20(16)30/h4-7,10,13-15,30H,8-9,11-12H2,1-3H3,(H2,24,26). The molecular weight excluding hydrogens is 408 g/mol. The van der Waals surface area contributed by atoms with Gasteiger partial charge in [-0.2, -0.15) is 5.10 Å². The smallest absolute Gasteiger partial charge is 0.410 e. The van der Waals surface area contributed by atoms with Gasteiger partial charge in [-0.05, 0) is 57.9 Å². The van der Waals surface area contributed by atoms with Gasteiger partial charge < -0.3 is 20.5 Å². The number of aromatic hydroxyl groups is 1. The molecule has 1 aliphatic heterocycles. The van der Waals surface area contributed by atoms with E-state index in [4.69, 9.17) is 15.6 Å². The molecule has 0 saturated carbocycles. The highest BCUT2D eigenvalue weighted by molar-refractivity contribution is 5.77. The van der Waals surface area contributed by atoms with Crippen LogP contribution in [0.5, 0.6) is 5.75 Å². The molecule has 0 atom stereocenters. The zero-order valence-electron chi connectivity index (χ0n) is 18.5.